The fourth-order valence-electron chi connectivity index (χ4n) is 4.17. The van der Waals surface area contributed by atoms with Crippen molar-refractivity contribution in [3.05, 3.63) is 121 Å². The van der Waals surface area contributed by atoms with Gasteiger partial charge in [0.15, 0.2) is 0 Å². The number of rotatable bonds is 0. The van der Waals surface area contributed by atoms with Crippen molar-refractivity contribution in [2.45, 2.75) is 51.6 Å². The van der Waals surface area contributed by atoms with E-state index >= 15 is 0 Å². The van der Waals surface area contributed by atoms with E-state index in [0.29, 0.717) is 0 Å². The topological polar surface area (TPSA) is 46.1 Å². The maximum atomic E-state index is 10.3. The molecule has 0 aromatic heterocycles. The average molecular weight is 575 g/mol. The smallest absolute Gasteiger partial charge is 0.872 e. The first-order chi connectivity index (χ1) is 17.1. The van der Waals surface area contributed by atoms with Crippen LogP contribution in [0.15, 0.2) is 108 Å². The molecule has 2 unspecified atom stereocenters. The minimum absolute atomic E-state index is 0. The van der Waals surface area contributed by atoms with Gasteiger partial charge in [-0.25, -0.2) is 36.1 Å². The molecule has 0 bridgehead atoms. The third-order valence-electron chi connectivity index (χ3n) is 5.91. The fourth-order valence-corrected chi connectivity index (χ4v) is 4.17. The van der Waals surface area contributed by atoms with Crippen molar-refractivity contribution in [3.63, 3.8) is 0 Å². The minimum atomic E-state index is 0. The Morgan fingerprint density at radius 1 is 0.667 bits per heavy atom. The van der Waals surface area contributed by atoms with Crippen LogP contribution in [-0.2, 0) is 26.2 Å². The van der Waals surface area contributed by atoms with Crippen LogP contribution >= 0.6 is 0 Å². The SMILES string of the molecule is C1=CCC2CC[CH-]C2=C1.C1=CCC2CC[CH-]C2=C1.C[SiH]C.[O-]c1ccccc1.[O-]c1ccccc1.[Zr+4]. The van der Waals surface area contributed by atoms with Gasteiger partial charge in [0.25, 0.3) is 0 Å². The van der Waals surface area contributed by atoms with Crippen LogP contribution in [-0.4, -0.2) is 9.52 Å². The number of fused-ring (bicyclic) bond motifs is 2. The molecule has 0 heterocycles. The Morgan fingerprint density at radius 3 is 1.31 bits per heavy atom. The van der Waals surface area contributed by atoms with Gasteiger partial charge in [-0.15, -0.1) is 48.6 Å². The zero-order chi connectivity index (χ0) is 25.1. The summed E-state index contributed by atoms with van der Waals surface area (Å²) in [5.41, 5.74) is 3.16. The van der Waals surface area contributed by atoms with Gasteiger partial charge in [0.2, 0.25) is 0 Å². The van der Waals surface area contributed by atoms with Crippen LogP contribution in [0.5, 0.6) is 11.5 Å². The van der Waals surface area contributed by atoms with Crippen molar-refractivity contribution < 1.29 is 36.4 Å². The van der Waals surface area contributed by atoms with E-state index in [-0.39, 0.29) is 37.7 Å². The van der Waals surface area contributed by atoms with E-state index in [1.165, 1.54) is 62.8 Å². The number of benzene rings is 2. The van der Waals surface area contributed by atoms with Gasteiger partial charge in [-0.3, -0.25) is 0 Å². The molecule has 2 aromatic rings. The van der Waals surface area contributed by atoms with E-state index < -0.39 is 0 Å². The molecule has 187 valence electrons. The van der Waals surface area contributed by atoms with Crippen LogP contribution < -0.4 is 10.2 Å². The molecular weight excluding hydrogens is 536 g/mol. The quantitative estimate of drug-likeness (QED) is 0.251. The average Bonchev–Trinajstić information content (AvgIpc) is 3.56. The Bertz CT molecular complexity index is 858. The Kier molecular flexibility index (Phi) is 17.7. The molecule has 2 atom stereocenters. The zero-order valence-electron chi connectivity index (χ0n) is 21.7. The van der Waals surface area contributed by atoms with Crippen LogP contribution in [0.2, 0.25) is 13.1 Å². The van der Waals surface area contributed by atoms with Crippen molar-refractivity contribution in [2.75, 3.05) is 0 Å². The molecule has 0 amide bonds. The predicted octanol–water partition coefficient (Wildman–Crippen LogP) is 7.01. The molecule has 0 spiro atoms. The summed E-state index contributed by atoms with van der Waals surface area (Å²) in [4.78, 5) is 0. The van der Waals surface area contributed by atoms with E-state index in [4.69, 9.17) is 0 Å². The standard InChI is InChI=1S/2C9H11.2C6H6O.C2H7Si.Zr/c2*1-2-5-9-7-3-6-8(9)4-1;2*7-6-4-2-1-3-5-6;1-3-2;/h2*1-2,4,6,9H,3,5,7H2;2*1-5,7H;3H,1-2H3;/q2*-1;;;;+4/p-2. The number of allylic oxidation sites excluding steroid dienone is 8. The molecule has 0 N–H and O–H groups in total. The van der Waals surface area contributed by atoms with Gasteiger partial charge in [-0.05, 0) is 24.7 Å². The van der Waals surface area contributed by atoms with Gasteiger partial charge in [-0.2, -0.15) is 0 Å². The number of para-hydroxylation sites is 2. The van der Waals surface area contributed by atoms with Crippen LogP contribution in [0, 0.1) is 24.7 Å². The fraction of sp³-hybridized carbons (Fsp3) is 0.312. The largest absolute Gasteiger partial charge is 4.00 e. The van der Waals surface area contributed by atoms with E-state index in [1.807, 2.05) is 12.1 Å². The van der Waals surface area contributed by atoms with Gasteiger partial charge in [0.05, 0.1) is 0 Å². The van der Waals surface area contributed by atoms with Crippen molar-refractivity contribution in [1.29, 1.82) is 0 Å². The maximum Gasteiger partial charge on any atom is 4.00 e. The molecule has 2 nitrogen and oxygen atoms in total. The number of hydrogen-bond donors (Lipinski definition) is 0. The first kappa shape index (κ1) is 31.9. The van der Waals surface area contributed by atoms with Gasteiger partial charge in [0.1, 0.15) is 0 Å². The summed E-state index contributed by atoms with van der Waals surface area (Å²) in [7, 11) is 0.750. The molecule has 1 radical (unpaired) electrons. The summed E-state index contributed by atoms with van der Waals surface area (Å²) in [6.07, 6.45) is 26.1. The van der Waals surface area contributed by atoms with E-state index in [0.717, 1.165) is 21.4 Å². The molecule has 4 heteroatoms. The van der Waals surface area contributed by atoms with Crippen molar-refractivity contribution in [1.82, 2.24) is 0 Å². The molecule has 0 aliphatic heterocycles. The molecule has 2 fully saturated rings. The molecule has 4 aliphatic rings. The second-order valence-electron chi connectivity index (χ2n) is 8.82. The van der Waals surface area contributed by atoms with Gasteiger partial charge in [0, 0.05) is 9.52 Å². The Hall–Kier alpha value is -2.16. The summed E-state index contributed by atoms with van der Waals surface area (Å²) < 4.78 is 0. The second-order valence-corrected chi connectivity index (χ2v) is 9.98. The van der Waals surface area contributed by atoms with Gasteiger partial charge >= 0.3 is 26.2 Å². The molecule has 2 aromatic carbocycles. The third-order valence-corrected chi connectivity index (χ3v) is 5.91. The molecule has 36 heavy (non-hydrogen) atoms. The minimum Gasteiger partial charge on any atom is -0.872 e. The molecule has 2 saturated carbocycles. The van der Waals surface area contributed by atoms with Crippen molar-refractivity contribution in [2.24, 2.45) is 11.8 Å². The summed E-state index contributed by atoms with van der Waals surface area (Å²) in [5.74, 6) is 1.91. The van der Waals surface area contributed by atoms with Crippen LogP contribution in [0.4, 0.5) is 0 Å². The number of hydrogen-bond acceptors (Lipinski definition) is 2. The van der Waals surface area contributed by atoms with Gasteiger partial charge in [-0.1, -0.05) is 86.6 Å². The summed E-state index contributed by atoms with van der Waals surface area (Å²) in [5, 5.41) is 20.5. The molecule has 4 aliphatic carbocycles. The summed E-state index contributed by atoms with van der Waals surface area (Å²) >= 11 is 0. The Morgan fingerprint density at radius 2 is 1.03 bits per heavy atom. The van der Waals surface area contributed by atoms with Crippen molar-refractivity contribution >= 4 is 9.52 Å². The zero-order valence-corrected chi connectivity index (χ0v) is 25.3. The summed E-state index contributed by atoms with van der Waals surface area (Å²) in [6.45, 7) is 4.42. The van der Waals surface area contributed by atoms with Crippen LogP contribution in [0.1, 0.15) is 38.5 Å². The summed E-state index contributed by atoms with van der Waals surface area (Å²) in [6, 6.07) is 16.7. The van der Waals surface area contributed by atoms with Crippen molar-refractivity contribution in [3.8, 4) is 11.5 Å². The van der Waals surface area contributed by atoms with E-state index in [2.05, 4.69) is 62.4 Å². The normalized spacial score (nSPS) is 19.4. The Balaban J connectivity index is 0.000000231. The first-order valence-electron chi connectivity index (χ1n) is 12.7. The van der Waals surface area contributed by atoms with Gasteiger partial charge < -0.3 is 10.2 Å². The molecule has 6 rings (SSSR count). The monoisotopic (exact) mass is 573 g/mol. The van der Waals surface area contributed by atoms with E-state index in [9.17, 15) is 10.2 Å². The third kappa shape index (κ3) is 13.2. The Labute approximate surface area is 240 Å². The second kappa shape index (κ2) is 20.0. The molecular formula is C32H39O2SiZr. The van der Waals surface area contributed by atoms with E-state index in [1.54, 1.807) is 35.4 Å². The maximum absolute atomic E-state index is 10.3. The molecule has 0 saturated heterocycles. The van der Waals surface area contributed by atoms with Crippen LogP contribution in [0.25, 0.3) is 0 Å². The van der Waals surface area contributed by atoms with Crippen LogP contribution in [0.3, 0.4) is 0 Å². The first-order valence-corrected chi connectivity index (χ1v) is 15.0. The predicted molar refractivity (Wildman–Crippen MR) is 148 cm³/mol.